The summed E-state index contributed by atoms with van der Waals surface area (Å²) in [6, 6.07) is 0.605. The summed E-state index contributed by atoms with van der Waals surface area (Å²) >= 11 is 1.89. The summed E-state index contributed by atoms with van der Waals surface area (Å²) in [7, 11) is 0. The van der Waals surface area contributed by atoms with Crippen molar-refractivity contribution in [2.24, 2.45) is 5.92 Å². The lowest BCUT2D eigenvalue weighted by Crippen LogP contribution is -2.23. The van der Waals surface area contributed by atoms with Gasteiger partial charge in [0.15, 0.2) is 0 Å². The average Bonchev–Trinajstić information content (AvgIpc) is 2.87. The van der Waals surface area contributed by atoms with Crippen LogP contribution in [-0.2, 0) is 12.8 Å². The van der Waals surface area contributed by atoms with Crippen LogP contribution in [0, 0.1) is 5.92 Å². The van der Waals surface area contributed by atoms with Crippen molar-refractivity contribution in [1.29, 1.82) is 0 Å². The molecule has 0 spiro atoms. The molecule has 0 saturated heterocycles. The SMILES string of the molecule is CC1CCc2sc3ncnc(NC4CCCCC4)c3c2C1. The predicted molar refractivity (Wildman–Crippen MR) is 89.1 cm³/mol. The molecule has 21 heavy (non-hydrogen) atoms. The van der Waals surface area contributed by atoms with Crippen molar-refractivity contribution in [2.45, 2.75) is 64.3 Å². The quantitative estimate of drug-likeness (QED) is 0.883. The van der Waals surface area contributed by atoms with Crippen LogP contribution in [-0.4, -0.2) is 16.0 Å². The number of aromatic nitrogens is 2. The number of nitrogens with zero attached hydrogens (tertiary/aromatic N) is 2. The van der Waals surface area contributed by atoms with E-state index in [0.717, 1.165) is 11.7 Å². The molecule has 0 amide bonds. The van der Waals surface area contributed by atoms with Crippen LogP contribution in [0.25, 0.3) is 10.2 Å². The van der Waals surface area contributed by atoms with Crippen LogP contribution >= 0.6 is 11.3 Å². The number of anilines is 1. The Hall–Kier alpha value is -1.16. The highest BCUT2D eigenvalue weighted by Crippen LogP contribution is 2.40. The normalized spacial score (nSPS) is 23.2. The van der Waals surface area contributed by atoms with Crippen LogP contribution in [0.4, 0.5) is 5.82 Å². The zero-order valence-electron chi connectivity index (χ0n) is 12.7. The van der Waals surface area contributed by atoms with Gasteiger partial charge in [0, 0.05) is 10.9 Å². The molecule has 1 N–H and O–H groups in total. The van der Waals surface area contributed by atoms with Crippen molar-refractivity contribution in [3.63, 3.8) is 0 Å². The fourth-order valence-electron chi connectivity index (χ4n) is 3.83. The van der Waals surface area contributed by atoms with Crippen molar-refractivity contribution in [3.8, 4) is 0 Å². The highest BCUT2D eigenvalue weighted by molar-refractivity contribution is 7.19. The first kappa shape index (κ1) is 13.5. The molecule has 2 aromatic heterocycles. The van der Waals surface area contributed by atoms with Crippen LogP contribution in [0.3, 0.4) is 0 Å². The maximum atomic E-state index is 4.59. The Kier molecular flexibility index (Phi) is 3.57. The highest BCUT2D eigenvalue weighted by Gasteiger charge is 2.24. The topological polar surface area (TPSA) is 37.8 Å². The summed E-state index contributed by atoms with van der Waals surface area (Å²) in [5.41, 5.74) is 1.53. The summed E-state index contributed by atoms with van der Waals surface area (Å²) in [5.74, 6) is 1.89. The van der Waals surface area contributed by atoms with Crippen LogP contribution in [0.15, 0.2) is 6.33 Å². The Morgan fingerprint density at radius 2 is 2.00 bits per heavy atom. The van der Waals surface area contributed by atoms with E-state index in [2.05, 4.69) is 22.2 Å². The smallest absolute Gasteiger partial charge is 0.138 e. The predicted octanol–water partition coefficient (Wildman–Crippen LogP) is 4.56. The third kappa shape index (κ3) is 2.54. The number of fused-ring (bicyclic) bond motifs is 3. The van der Waals surface area contributed by atoms with Crippen LogP contribution in [0.5, 0.6) is 0 Å². The zero-order chi connectivity index (χ0) is 14.2. The molecule has 1 unspecified atom stereocenters. The largest absolute Gasteiger partial charge is 0.367 e. The van der Waals surface area contributed by atoms with E-state index in [1.54, 1.807) is 11.2 Å². The lowest BCUT2D eigenvalue weighted by Gasteiger charge is -2.24. The molecule has 0 radical (unpaired) electrons. The second-order valence-corrected chi connectivity index (χ2v) is 7.82. The number of nitrogens with one attached hydrogen (secondary N) is 1. The van der Waals surface area contributed by atoms with Gasteiger partial charge in [-0.25, -0.2) is 9.97 Å². The van der Waals surface area contributed by atoms with Gasteiger partial charge in [0.05, 0.1) is 5.39 Å². The van der Waals surface area contributed by atoms with E-state index in [1.165, 1.54) is 67.1 Å². The first-order chi connectivity index (χ1) is 10.3. The minimum Gasteiger partial charge on any atom is -0.367 e. The van der Waals surface area contributed by atoms with Gasteiger partial charge in [0.2, 0.25) is 0 Å². The Morgan fingerprint density at radius 3 is 2.86 bits per heavy atom. The molecule has 1 atom stereocenters. The lowest BCUT2D eigenvalue weighted by molar-refractivity contribution is 0.462. The Morgan fingerprint density at radius 1 is 1.14 bits per heavy atom. The molecule has 1 fully saturated rings. The molecule has 4 heteroatoms. The Labute approximate surface area is 130 Å². The molecule has 4 rings (SSSR count). The number of thiophene rings is 1. The molecule has 112 valence electrons. The van der Waals surface area contributed by atoms with E-state index in [9.17, 15) is 0 Å². The molecule has 3 nitrogen and oxygen atoms in total. The molecule has 2 aliphatic rings. The lowest BCUT2D eigenvalue weighted by atomic mass is 9.88. The van der Waals surface area contributed by atoms with E-state index in [-0.39, 0.29) is 0 Å². The number of hydrogen-bond donors (Lipinski definition) is 1. The summed E-state index contributed by atoms with van der Waals surface area (Å²) < 4.78 is 0. The van der Waals surface area contributed by atoms with Gasteiger partial charge < -0.3 is 5.32 Å². The fraction of sp³-hybridized carbons (Fsp3) is 0.647. The number of aryl methyl sites for hydroxylation is 1. The zero-order valence-corrected chi connectivity index (χ0v) is 13.5. The Balaban J connectivity index is 1.72. The molecule has 0 aliphatic heterocycles. The Bertz CT molecular complexity index is 643. The molecule has 2 heterocycles. The first-order valence-corrected chi connectivity index (χ1v) is 9.14. The number of hydrogen-bond acceptors (Lipinski definition) is 4. The molecule has 2 aromatic rings. The van der Waals surface area contributed by atoms with Gasteiger partial charge in [0.1, 0.15) is 17.0 Å². The minimum atomic E-state index is 0.605. The second kappa shape index (κ2) is 5.56. The van der Waals surface area contributed by atoms with E-state index < -0.39 is 0 Å². The first-order valence-electron chi connectivity index (χ1n) is 8.33. The third-order valence-corrected chi connectivity index (χ3v) is 6.23. The monoisotopic (exact) mass is 301 g/mol. The van der Waals surface area contributed by atoms with Gasteiger partial charge in [-0.3, -0.25) is 0 Å². The maximum absolute atomic E-state index is 4.59. The van der Waals surface area contributed by atoms with Crippen molar-refractivity contribution in [2.75, 3.05) is 5.32 Å². The van der Waals surface area contributed by atoms with Crippen molar-refractivity contribution in [1.82, 2.24) is 9.97 Å². The van der Waals surface area contributed by atoms with Crippen molar-refractivity contribution < 1.29 is 0 Å². The highest BCUT2D eigenvalue weighted by atomic mass is 32.1. The molecular weight excluding hydrogens is 278 g/mol. The van der Waals surface area contributed by atoms with E-state index in [4.69, 9.17) is 0 Å². The van der Waals surface area contributed by atoms with Gasteiger partial charge in [0.25, 0.3) is 0 Å². The summed E-state index contributed by atoms with van der Waals surface area (Å²) in [6.45, 7) is 2.37. The standard InChI is InChI=1S/C17H23N3S/c1-11-7-8-14-13(9-11)15-16(18-10-19-17(15)21-14)20-12-5-3-2-4-6-12/h10-12H,2-9H2,1H3,(H,18,19,20). The fourth-order valence-corrected chi connectivity index (χ4v) is 5.02. The summed E-state index contributed by atoms with van der Waals surface area (Å²) in [6.07, 6.45) is 12.1. The molecule has 0 bridgehead atoms. The number of rotatable bonds is 2. The van der Waals surface area contributed by atoms with Gasteiger partial charge in [-0.15, -0.1) is 11.3 Å². The van der Waals surface area contributed by atoms with Crippen molar-refractivity contribution >= 4 is 27.4 Å². The van der Waals surface area contributed by atoms with E-state index >= 15 is 0 Å². The van der Waals surface area contributed by atoms with Gasteiger partial charge in [-0.2, -0.15) is 0 Å². The maximum Gasteiger partial charge on any atom is 0.138 e. The molecular formula is C17H23N3S. The summed E-state index contributed by atoms with van der Waals surface area (Å²) in [5, 5.41) is 5.06. The third-order valence-electron chi connectivity index (χ3n) is 5.03. The molecule has 0 aromatic carbocycles. The molecule has 2 aliphatic carbocycles. The van der Waals surface area contributed by atoms with Crippen LogP contribution in [0.2, 0.25) is 0 Å². The average molecular weight is 301 g/mol. The van der Waals surface area contributed by atoms with E-state index in [0.29, 0.717) is 6.04 Å². The summed E-state index contributed by atoms with van der Waals surface area (Å²) in [4.78, 5) is 11.9. The van der Waals surface area contributed by atoms with Crippen LogP contribution in [0.1, 0.15) is 55.9 Å². The second-order valence-electron chi connectivity index (χ2n) is 6.73. The molecule has 1 saturated carbocycles. The van der Waals surface area contributed by atoms with E-state index in [1.807, 2.05) is 11.3 Å². The van der Waals surface area contributed by atoms with Gasteiger partial charge >= 0.3 is 0 Å². The minimum absolute atomic E-state index is 0.605. The van der Waals surface area contributed by atoms with Crippen LogP contribution < -0.4 is 5.32 Å². The van der Waals surface area contributed by atoms with Gasteiger partial charge in [-0.1, -0.05) is 26.2 Å². The van der Waals surface area contributed by atoms with Gasteiger partial charge in [-0.05, 0) is 43.6 Å². The van der Waals surface area contributed by atoms with Crippen molar-refractivity contribution in [3.05, 3.63) is 16.8 Å².